The molecule has 3 aromatic heterocycles. The molecule has 1 N–H and O–H groups in total. The summed E-state index contributed by atoms with van der Waals surface area (Å²) in [6.07, 6.45) is 2.33. The van der Waals surface area contributed by atoms with E-state index in [0.29, 0.717) is 55.4 Å². The Kier molecular flexibility index (Phi) is 8.68. The maximum atomic E-state index is 16.1. The molecule has 3 aliphatic rings. The van der Waals surface area contributed by atoms with Crippen molar-refractivity contribution in [2.75, 3.05) is 37.1 Å². The molecule has 0 spiro atoms. The van der Waals surface area contributed by atoms with E-state index in [2.05, 4.69) is 10.3 Å². The van der Waals surface area contributed by atoms with E-state index in [4.69, 9.17) is 9.47 Å². The Balaban J connectivity index is 1.10. The van der Waals surface area contributed by atoms with Crippen LogP contribution < -0.4 is 35.8 Å². The summed E-state index contributed by atoms with van der Waals surface area (Å²) in [5.74, 6) is -5.45. The highest BCUT2D eigenvalue weighted by Gasteiger charge is 2.53. The number of nitrogens with zero attached hydrogens (tertiary/aromatic N) is 6. The van der Waals surface area contributed by atoms with Gasteiger partial charge in [-0.1, -0.05) is 18.2 Å². The van der Waals surface area contributed by atoms with Gasteiger partial charge in [-0.05, 0) is 53.9 Å². The summed E-state index contributed by atoms with van der Waals surface area (Å²) in [5.41, 5.74) is 1.58. The molecule has 6 aromatic rings. The zero-order chi connectivity index (χ0) is 41.7. The monoisotopic (exact) mass is 807 g/mol. The number of piperidine rings is 1. The number of benzene rings is 3. The number of anilines is 2. The number of aryl methyl sites for hydroxylation is 2. The number of nitrogens with one attached hydrogen (secondary N) is 1. The third-order valence-electron chi connectivity index (χ3n) is 11.5. The summed E-state index contributed by atoms with van der Waals surface area (Å²) in [5, 5.41) is 3.16. The summed E-state index contributed by atoms with van der Waals surface area (Å²) in [6, 6.07) is 13.3. The number of hydrogen-bond acceptors (Lipinski definition) is 9. The van der Waals surface area contributed by atoms with Gasteiger partial charge < -0.3 is 23.8 Å². The molecule has 302 valence electrons. The standard InChI is InChI=1S/C42H36F3N7O7/c1-48-19-27(25-15-35(50-17-23(43)18-50)46-16-26(25)39(48)55)22-13-33(58-3)28(34(14-22)59-4)20-51-30-9-8-21(12-29(30)42(44,45)40(51)56)24-6-5-7-31-37(24)49(2)41(57)52(31)32-10-11-36(53)47-38(32)54/h5-9,12-16,19,23,32H,10-11,17-18,20H2,1-4H3,(H,47,53,54). The summed E-state index contributed by atoms with van der Waals surface area (Å²) in [7, 11) is 5.93. The summed E-state index contributed by atoms with van der Waals surface area (Å²) in [6.45, 7) is 0.0187. The van der Waals surface area contributed by atoms with Crippen LogP contribution in [0.3, 0.4) is 0 Å². The molecule has 17 heteroatoms. The van der Waals surface area contributed by atoms with Crippen molar-refractivity contribution in [3.8, 4) is 33.8 Å². The molecule has 0 radical (unpaired) electrons. The zero-order valence-corrected chi connectivity index (χ0v) is 32.2. The van der Waals surface area contributed by atoms with Crippen LogP contribution >= 0.6 is 0 Å². The number of imide groups is 1. The predicted molar refractivity (Wildman–Crippen MR) is 212 cm³/mol. The van der Waals surface area contributed by atoms with Crippen LogP contribution in [-0.2, 0) is 40.9 Å². The fourth-order valence-corrected chi connectivity index (χ4v) is 8.46. The Labute approximate surface area is 333 Å². The lowest BCUT2D eigenvalue weighted by Crippen LogP contribution is -2.48. The maximum absolute atomic E-state index is 16.1. The number of ether oxygens (including phenoxy) is 2. The Morgan fingerprint density at radius 1 is 0.898 bits per heavy atom. The number of para-hydroxylation sites is 1. The molecule has 14 nitrogen and oxygen atoms in total. The Bertz CT molecular complexity index is 2910. The normalized spacial score (nSPS) is 17.7. The molecule has 0 bridgehead atoms. The van der Waals surface area contributed by atoms with Crippen LogP contribution in [0, 0.1) is 0 Å². The molecular formula is C42H36F3N7O7. The second-order valence-corrected chi connectivity index (χ2v) is 15.0. The van der Waals surface area contributed by atoms with Crippen LogP contribution in [0.25, 0.3) is 44.1 Å². The van der Waals surface area contributed by atoms with E-state index in [0.717, 1.165) is 4.90 Å². The quantitative estimate of drug-likeness (QED) is 0.216. The Hall–Kier alpha value is -6.91. The van der Waals surface area contributed by atoms with Crippen LogP contribution in [0.2, 0.25) is 0 Å². The number of aromatic nitrogens is 4. The topological polar surface area (TPSA) is 150 Å². The van der Waals surface area contributed by atoms with E-state index in [1.165, 1.54) is 53.3 Å². The lowest BCUT2D eigenvalue weighted by Gasteiger charge is -2.35. The highest BCUT2D eigenvalue weighted by Crippen LogP contribution is 2.48. The number of carbonyl (C=O) groups excluding carboxylic acids is 3. The van der Waals surface area contributed by atoms with Crippen LogP contribution in [0.15, 0.2) is 76.6 Å². The van der Waals surface area contributed by atoms with Gasteiger partial charge in [-0.15, -0.1) is 0 Å². The van der Waals surface area contributed by atoms with Gasteiger partial charge in [-0.25, -0.2) is 14.2 Å². The molecule has 3 aromatic carbocycles. The highest BCUT2D eigenvalue weighted by molar-refractivity contribution is 6.07. The number of alkyl halides is 3. The van der Waals surface area contributed by atoms with Crippen LogP contribution in [-0.4, -0.2) is 69.9 Å². The first kappa shape index (κ1) is 37.7. The van der Waals surface area contributed by atoms with Gasteiger partial charge in [0.1, 0.15) is 29.5 Å². The van der Waals surface area contributed by atoms with Crippen molar-refractivity contribution in [1.29, 1.82) is 0 Å². The second-order valence-electron chi connectivity index (χ2n) is 15.0. The van der Waals surface area contributed by atoms with Crippen LogP contribution in [0.1, 0.15) is 30.0 Å². The van der Waals surface area contributed by atoms with E-state index in [1.807, 2.05) is 0 Å². The number of imidazole rings is 1. The average molecular weight is 808 g/mol. The summed E-state index contributed by atoms with van der Waals surface area (Å²) in [4.78, 5) is 72.1. The number of rotatable bonds is 8. The van der Waals surface area contributed by atoms with Gasteiger partial charge in [-0.2, -0.15) is 8.78 Å². The van der Waals surface area contributed by atoms with Crippen molar-refractivity contribution < 1.29 is 37.0 Å². The number of carbonyl (C=O) groups is 3. The minimum Gasteiger partial charge on any atom is -0.496 e. The van der Waals surface area contributed by atoms with E-state index in [-0.39, 0.29) is 55.2 Å². The maximum Gasteiger partial charge on any atom is 0.352 e. The Morgan fingerprint density at radius 2 is 1.63 bits per heavy atom. The molecule has 6 heterocycles. The molecule has 3 amide bonds. The SMILES string of the molecule is COc1cc(-c2cn(C)c(=O)c3cnc(N4CC(F)C4)cc23)cc(OC)c1CN1C(=O)C(F)(F)c2cc(-c3cccc4c3n(C)c(=O)n4C3CCC(=O)NC3=O)ccc21. The van der Waals surface area contributed by atoms with Gasteiger partial charge >= 0.3 is 17.5 Å². The molecule has 0 saturated carbocycles. The van der Waals surface area contributed by atoms with E-state index in [1.54, 1.807) is 60.6 Å². The second kappa shape index (κ2) is 13.6. The average Bonchev–Trinajstić information content (AvgIpc) is 3.57. The fraction of sp³-hybridized carbons (Fsp3) is 0.286. The van der Waals surface area contributed by atoms with Crippen LogP contribution in [0.4, 0.5) is 24.7 Å². The fourth-order valence-electron chi connectivity index (χ4n) is 8.46. The summed E-state index contributed by atoms with van der Waals surface area (Å²) < 4.78 is 61.6. The predicted octanol–water partition coefficient (Wildman–Crippen LogP) is 4.71. The number of amides is 3. The smallest absolute Gasteiger partial charge is 0.352 e. The number of pyridine rings is 2. The third-order valence-corrected chi connectivity index (χ3v) is 11.5. The molecule has 3 aliphatic heterocycles. The molecule has 9 rings (SSSR count). The lowest BCUT2D eigenvalue weighted by atomic mass is 9.98. The van der Waals surface area contributed by atoms with Crippen molar-refractivity contribution in [3.63, 3.8) is 0 Å². The van der Waals surface area contributed by atoms with Gasteiger partial charge in [0.05, 0.1) is 67.1 Å². The molecule has 2 fully saturated rings. The van der Waals surface area contributed by atoms with Crippen molar-refractivity contribution in [3.05, 3.63) is 99.0 Å². The van der Waals surface area contributed by atoms with Gasteiger partial charge in [0.2, 0.25) is 11.8 Å². The molecule has 2 saturated heterocycles. The molecule has 0 aliphatic carbocycles. The zero-order valence-electron chi connectivity index (χ0n) is 32.2. The van der Waals surface area contributed by atoms with Crippen molar-refractivity contribution in [1.82, 2.24) is 24.0 Å². The van der Waals surface area contributed by atoms with Crippen molar-refractivity contribution in [2.45, 2.75) is 37.5 Å². The first-order valence-electron chi connectivity index (χ1n) is 18.7. The minimum atomic E-state index is -3.93. The van der Waals surface area contributed by atoms with Gasteiger partial charge in [0.25, 0.3) is 5.56 Å². The number of fused-ring (bicyclic) bond motifs is 3. The first-order chi connectivity index (χ1) is 28.2. The minimum absolute atomic E-state index is 0.0373. The molecular weight excluding hydrogens is 771 g/mol. The number of methoxy groups -OCH3 is 2. The lowest BCUT2D eigenvalue weighted by molar-refractivity contribution is -0.141. The van der Waals surface area contributed by atoms with Gasteiger partial charge in [0, 0.05) is 49.4 Å². The summed E-state index contributed by atoms with van der Waals surface area (Å²) >= 11 is 0. The number of hydrogen-bond donors (Lipinski definition) is 1. The Morgan fingerprint density at radius 3 is 2.31 bits per heavy atom. The van der Waals surface area contributed by atoms with Gasteiger partial charge in [-0.3, -0.25) is 33.6 Å². The molecule has 1 atom stereocenters. The number of halogens is 3. The molecule has 59 heavy (non-hydrogen) atoms. The van der Waals surface area contributed by atoms with E-state index < -0.39 is 47.1 Å². The molecule has 1 unspecified atom stereocenters. The third kappa shape index (κ3) is 5.77. The highest BCUT2D eigenvalue weighted by atomic mass is 19.3. The van der Waals surface area contributed by atoms with Crippen molar-refractivity contribution >= 4 is 51.0 Å². The van der Waals surface area contributed by atoms with E-state index in [9.17, 15) is 28.4 Å². The van der Waals surface area contributed by atoms with Crippen molar-refractivity contribution in [2.24, 2.45) is 14.1 Å². The van der Waals surface area contributed by atoms with E-state index >= 15 is 8.78 Å². The van der Waals surface area contributed by atoms with Gasteiger partial charge in [0.15, 0.2) is 0 Å². The first-order valence-corrected chi connectivity index (χ1v) is 18.7. The largest absolute Gasteiger partial charge is 0.496 e. The van der Waals surface area contributed by atoms with Crippen LogP contribution in [0.5, 0.6) is 11.5 Å².